The van der Waals surface area contributed by atoms with E-state index in [4.69, 9.17) is 5.26 Å². The topological polar surface area (TPSA) is 67.4 Å². The summed E-state index contributed by atoms with van der Waals surface area (Å²) in [4.78, 5) is 11.2. The molecule has 0 saturated carbocycles. The molecule has 6 heteroatoms. The zero-order valence-corrected chi connectivity index (χ0v) is 6.92. The molecule has 0 unspecified atom stereocenters. The van der Waals surface area contributed by atoms with E-state index >= 15 is 0 Å². The van der Waals surface area contributed by atoms with Crippen molar-refractivity contribution in [2.45, 2.75) is 0 Å². The van der Waals surface area contributed by atoms with Crippen LogP contribution >= 0.6 is 0 Å². The maximum Gasteiger partial charge on any atom is 0.236 e. The highest BCUT2D eigenvalue weighted by Crippen LogP contribution is 2.03. The molecule has 0 aliphatic rings. The molecule has 2 aromatic heterocycles. The first kappa shape index (κ1) is 8.31. The van der Waals surface area contributed by atoms with Gasteiger partial charge in [0.25, 0.3) is 0 Å². The number of hydrogen-bond acceptors (Lipinski definition) is 4. The van der Waals surface area contributed by atoms with Gasteiger partial charge in [-0.25, -0.2) is 19.3 Å². The number of imidazole rings is 1. The summed E-state index contributed by atoms with van der Waals surface area (Å²) < 4.78 is 13.9. The molecule has 0 spiro atoms. The molecule has 2 aromatic rings. The summed E-state index contributed by atoms with van der Waals surface area (Å²) in [5, 5.41) is 8.66. The van der Waals surface area contributed by atoms with Gasteiger partial charge in [0.15, 0.2) is 5.82 Å². The van der Waals surface area contributed by atoms with E-state index in [0.717, 1.165) is 12.4 Å². The summed E-state index contributed by atoms with van der Waals surface area (Å²) >= 11 is 0. The lowest BCUT2D eigenvalue weighted by atomic mass is 10.6. The molecule has 0 aliphatic heterocycles. The van der Waals surface area contributed by atoms with Crippen LogP contribution in [0.25, 0.3) is 5.95 Å². The van der Waals surface area contributed by atoms with Gasteiger partial charge in [0.2, 0.25) is 11.8 Å². The average molecular weight is 189 g/mol. The monoisotopic (exact) mass is 189 g/mol. The number of nitrogens with zero attached hydrogens (tertiary/aromatic N) is 5. The summed E-state index contributed by atoms with van der Waals surface area (Å²) in [5.74, 6) is -0.135. The van der Waals surface area contributed by atoms with Crippen LogP contribution in [0.4, 0.5) is 4.39 Å². The lowest BCUT2D eigenvalue weighted by Gasteiger charge is -1.99. The van der Waals surface area contributed by atoms with Crippen LogP contribution in [0, 0.1) is 17.1 Å². The molecule has 14 heavy (non-hydrogen) atoms. The van der Waals surface area contributed by atoms with Crippen LogP contribution in [0.5, 0.6) is 0 Å². The number of halogens is 1. The summed E-state index contributed by atoms with van der Waals surface area (Å²) in [6.45, 7) is 0. The van der Waals surface area contributed by atoms with Crippen LogP contribution < -0.4 is 0 Å². The van der Waals surface area contributed by atoms with Crippen molar-refractivity contribution in [3.8, 4) is 12.0 Å². The van der Waals surface area contributed by atoms with E-state index in [0.29, 0.717) is 0 Å². The Morgan fingerprint density at radius 2 is 2.00 bits per heavy atom. The van der Waals surface area contributed by atoms with E-state index in [1.165, 1.54) is 17.0 Å². The summed E-state index contributed by atoms with van der Waals surface area (Å²) in [6.07, 6.45) is 5.05. The molecule has 0 bridgehead atoms. The lowest BCUT2D eigenvalue weighted by Crippen LogP contribution is -2.02. The van der Waals surface area contributed by atoms with Crippen molar-refractivity contribution in [3.05, 3.63) is 36.4 Å². The highest BCUT2D eigenvalue weighted by molar-refractivity contribution is 5.22. The van der Waals surface area contributed by atoms with Crippen molar-refractivity contribution in [2.24, 2.45) is 0 Å². The van der Waals surface area contributed by atoms with Crippen LogP contribution in [-0.2, 0) is 0 Å². The Labute approximate surface area is 78.5 Å². The largest absolute Gasteiger partial charge is 0.259 e. The zero-order chi connectivity index (χ0) is 9.97. The van der Waals surface area contributed by atoms with Crippen molar-refractivity contribution in [1.29, 1.82) is 5.26 Å². The fourth-order valence-corrected chi connectivity index (χ4v) is 0.977. The molecular weight excluding hydrogens is 185 g/mol. The van der Waals surface area contributed by atoms with E-state index in [-0.39, 0.29) is 11.8 Å². The summed E-state index contributed by atoms with van der Waals surface area (Å²) in [6, 6.07) is 1.87. The molecule has 5 nitrogen and oxygen atoms in total. The molecule has 0 radical (unpaired) electrons. The number of rotatable bonds is 1. The number of aromatic nitrogens is 4. The fourth-order valence-electron chi connectivity index (χ4n) is 0.977. The van der Waals surface area contributed by atoms with Crippen molar-refractivity contribution in [3.63, 3.8) is 0 Å². The molecule has 2 heterocycles. The quantitative estimate of drug-likeness (QED) is 0.661. The first-order valence-electron chi connectivity index (χ1n) is 3.72. The van der Waals surface area contributed by atoms with Gasteiger partial charge in [-0.05, 0) is 0 Å². The van der Waals surface area contributed by atoms with Gasteiger partial charge in [0.1, 0.15) is 6.07 Å². The predicted molar refractivity (Wildman–Crippen MR) is 43.8 cm³/mol. The smallest absolute Gasteiger partial charge is 0.236 e. The summed E-state index contributed by atoms with van der Waals surface area (Å²) in [5.41, 5.74) is 0. The van der Waals surface area contributed by atoms with E-state index in [1.54, 1.807) is 0 Å². The van der Waals surface area contributed by atoms with Crippen LogP contribution in [0.3, 0.4) is 0 Å². The first-order valence-corrected chi connectivity index (χ1v) is 3.72. The lowest BCUT2D eigenvalue weighted by molar-refractivity contribution is 0.610. The van der Waals surface area contributed by atoms with Crippen molar-refractivity contribution in [2.75, 3.05) is 0 Å². The standard InChI is InChI=1S/C8H4FN5/c9-6-4-12-8(13-5-6)14-2-1-11-7(14)3-10/h1-2,4-5H. The van der Waals surface area contributed by atoms with E-state index in [9.17, 15) is 4.39 Å². The Bertz CT molecular complexity index is 481. The first-order chi connectivity index (χ1) is 6.81. The van der Waals surface area contributed by atoms with Crippen LogP contribution in [0.15, 0.2) is 24.8 Å². The SMILES string of the molecule is N#Cc1nccn1-c1ncc(F)cn1. The molecule has 0 N–H and O–H groups in total. The fraction of sp³-hybridized carbons (Fsp3) is 0. The minimum absolute atomic E-state index is 0.164. The van der Waals surface area contributed by atoms with Gasteiger partial charge in [-0.15, -0.1) is 0 Å². The summed E-state index contributed by atoms with van der Waals surface area (Å²) in [7, 11) is 0. The van der Waals surface area contributed by atoms with Crippen LogP contribution in [0.2, 0.25) is 0 Å². The molecule has 0 saturated heterocycles. The molecule has 0 aromatic carbocycles. The molecule has 2 rings (SSSR count). The Kier molecular flexibility index (Phi) is 1.91. The number of hydrogen-bond donors (Lipinski definition) is 0. The Morgan fingerprint density at radius 1 is 1.29 bits per heavy atom. The predicted octanol–water partition coefficient (Wildman–Crippen LogP) is 0.673. The second-order valence-corrected chi connectivity index (χ2v) is 2.43. The zero-order valence-electron chi connectivity index (χ0n) is 6.92. The Morgan fingerprint density at radius 3 is 2.64 bits per heavy atom. The number of nitriles is 1. The highest BCUT2D eigenvalue weighted by Gasteiger charge is 2.05. The van der Waals surface area contributed by atoms with Gasteiger partial charge in [-0.3, -0.25) is 4.57 Å². The Balaban J connectivity index is 2.50. The van der Waals surface area contributed by atoms with Gasteiger partial charge >= 0.3 is 0 Å². The Hall–Kier alpha value is -2.29. The van der Waals surface area contributed by atoms with Gasteiger partial charge in [-0.2, -0.15) is 5.26 Å². The highest BCUT2D eigenvalue weighted by atomic mass is 19.1. The van der Waals surface area contributed by atoms with Gasteiger partial charge in [-0.1, -0.05) is 0 Å². The second-order valence-electron chi connectivity index (χ2n) is 2.43. The molecule has 68 valence electrons. The molecule has 0 amide bonds. The van der Waals surface area contributed by atoms with Crippen molar-refractivity contribution in [1.82, 2.24) is 19.5 Å². The average Bonchev–Trinajstić information content (AvgIpc) is 2.67. The van der Waals surface area contributed by atoms with Gasteiger partial charge in [0.05, 0.1) is 12.4 Å². The maximum absolute atomic E-state index is 12.5. The normalized spacial score (nSPS) is 9.71. The van der Waals surface area contributed by atoms with E-state index < -0.39 is 5.82 Å². The molecule has 0 aliphatic carbocycles. The van der Waals surface area contributed by atoms with Crippen LogP contribution in [0.1, 0.15) is 5.82 Å². The van der Waals surface area contributed by atoms with Crippen LogP contribution in [-0.4, -0.2) is 19.5 Å². The third kappa shape index (κ3) is 1.31. The minimum Gasteiger partial charge on any atom is -0.259 e. The van der Waals surface area contributed by atoms with E-state index in [1.807, 2.05) is 6.07 Å². The third-order valence-corrected chi connectivity index (χ3v) is 1.56. The molecule has 0 fully saturated rings. The molecular formula is C8H4FN5. The van der Waals surface area contributed by atoms with Crippen molar-refractivity contribution < 1.29 is 4.39 Å². The minimum atomic E-state index is -0.521. The van der Waals surface area contributed by atoms with E-state index in [2.05, 4.69) is 15.0 Å². The third-order valence-electron chi connectivity index (χ3n) is 1.56. The van der Waals surface area contributed by atoms with Gasteiger partial charge < -0.3 is 0 Å². The van der Waals surface area contributed by atoms with Gasteiger partial charge in [0, 0.05) is 12.4 Å². The van der Waals surface area contributed by atoms with Crippen molar-refractivity contribution >= 4 is 0 Å². The maximum atomic E-state index is 12.5. The second kappa shape index (κ2) is 3.22. The molecule has 0 atom stereocenters.